The van der Waals surface area contributed by atoms with Crippen LogP contribution in [0.15, 0.2) is 18.2 Å². The van der Waals surface area contributed by atoms with Gasteiger partial charge in [-0.3, -0.25) is 0 Å². The van der Waals surface area contributed by atoms with E-state index in [0.29, 0.717) is 18.2 Å². The molecule has 17 heavy (non-hydrogen) atoms. The lowest BCUT2D eigenvalue weighted by molar-refractivity contribution is 0.116. The third-order valence-corrected chi connectivity index (χ3v) is 3.21. The molecule has 1 aromatic rings. The normalized spacial score (nSPS) is 24.9. The van der Waals surface area contributed by atoms with Gasteiger partial charge in [0.15, 0.2) is 0 Å². The van der Waals surface area contributed by atoms with Crippen molar-refractivity contribution in [2.45, 2.75) is 44.4 Å². The van der Waals surface area contributed by atoms with E-state index >= 15 is 0 Å². The molecule has 2 N–H and O–H groups in total. The van der Waals surface area contributed by atoms with Crippen LogP contribution in [0.5, 0.6) is 0 Å². The molecule has 0 aliphatic heterocycles. The van der Waals surface area contributed by atoms with Crippen LogP contribution < -0.4 is 5.32 Å². The zero-order valence-electron chi connectivity index (χ0n) is 9.63. The summed E-state index contributed by atoms with van der Waals surface area (Å²) in [5.74, 6) is -1.08. The second-order valence-electron chi connectivity index (χ2n) is 4.66. The molecule has 2 rings (SSSR count). The van der Waals surface area contributed by atoms with E-state index in [0.717, 1.165) is 31.7 Å². The Morgan fingerprint density at radius 2 is 1.65 bits per heavy atom. The van der Waals surface area contributed by atoms with Crippen LogP contribution in [0.1, 0.15) is 31.2 Å². The first-order valence-electron chi connectivity index (χ1n) is 6.00. The fourth-order valence-corrected chi connectivity index (χ4v) is 2.26. The summed E-state index contributed by atoms with van der Waals surface area (Å²) in [5, 5.41) is 12.6. The van der Waals surface area contributed by atoms with Crippen molar-refractivity contribution in [1.82, 2.24) is 5.32 Å². The van der Waals surface area contributed by atoms with Gasteiger partial charge in [-0.25, -0.2) is 8.78 Å². The summed E-state index contributed by atoms with van der Waals surface area (Å²) >= 11 is 0. The van der Waals surface area contributed by atoms with Crippen LogP contribution >= 0.6 is 0 Å². The van der Waals surface area contributed by atoms with Gasteiger partial charge in [0.1, 0.15) is 11.6 Å². The number of benzene rings is 1. The first-order valence-corrected chi connectivity index (χ1v) is 6.00. The fraction of sp³-hybridized carbons (Fsp3) is 0.538. The standard InChI is InChI=1S/C13H17F2NO/c14-10-5-9(6-11(15)7-10)8-16-12-1-3-13(17)4-2-12/h5-7,12-13,16-17H,1-4,8H2. The summed E-state index contributed by atoms with van der Waals surface area (Å²) < 4.78 is 25.9. The minimum atomic E-state index is -0.541. The fourth-order valence-electron chi connectivity index (χ4n) is 2.26. The Balaban J connectivity index is 1.85. The first-order chi connectivity index (χ1) is 8.13. The molecule has 4 heteroatoms. The van der Waals surface area contributed by atoms with Gasteiger partial charge in [0.05, 0.1) is 6.10 Å². The minimum Gasteiger partial charge on any atom is -0.393 e. The second kappa shape index (κ2) is 5.56. The molecule has 1 fully saturated rings. The van der Waals surface area contributed by atoms with Crippen LogP contribution in [-0.4, -0.2) is 17.3 Å². The van der Waals surface area contributed by atoms with Crippen LogP contribution in [0.3, 0.4) is 0 Å². The molecular formula is C13H17F2NO. The van der Waals surface area contributed by atoms with E-state index in [1.807, 2.05) is 0 Å². The van der Waals surface area contributed by atoms with Crippen molar-refractivity contribution >= 4 is 0 Å². The molecule has 1 aromatic carbocycles. The van der Waals surface area contributed by atoms with Crippen molar-refractivity contribution in [3.8, 4) is 0 Å². The third kappa shape index (κ3) is 3.75. The summed E-state index contributed by atoms with van der Waals surface area (Å²) in [6, 6.07) is 3.90. The summed E-state index contributed by atoms with van der Waals surface area (Å²) in [6.07, 6.45) is 3.25. The summed E-state index contributed by atoms with van der Waals surface area (Å²) in [7, 11) is 0. The lowest BCUT2D eigenvalue weighted by atomic mass is 9.93. The molecule has 1 saturated carbocycles. The number of nitrogens with one attached hydrogen (secondary N) is 1. The van der Waals surface area contributed by atoms with Gasteiger partial charge >= 0.3 is 0 Å². The van der Waals surface area contributed by atoms with Gasteiger partial charge in [-0.2, -0.15) is 0 Å². The molecule has 1 aliphatic carbocycles. The Labute approximate surface area is 99.7 Å². The lowest BCUT2D eigenvalue weighted by Crippen LogP contribution is -2.34. The predicted octanol–water partition coefficient (Wildman–Crippen LogP) is 2.36. The quantitative estimate of drug-likeness (QED) is 0.851. The Kier molecular flexibility index (Phi) is 4.07. The van der Waals surface area contributed by atoms with Gasteiger partial charge in [0.2, 0.25) is 0 Å². The van der Waals surface area contributed by atoms with Crippen LogP contribution in [0, 0.1) is 11.6 Å². The molecule has 0 aromatic heterocycles. The maximum Gasteiger partial charge on any atom is 0.126 e. The minimum absolute atomic E-state index is 0.181. The number of halogens is 2. The number of aliphatic hydroxyl groups is 1. The van der Waals surface area contributed by atoms with Crippen LogP contribution in [0.25, 0.3) is 0 Å². The highest BCUT2D eigenvalue weighted by Gasteiger charge is 2.18. The van der Waals surface area contributed by atoms with E-state index < -0.39 is 11.6 Å². The maximum atomic E-state index is 12.9. The smallest absolute Gasteiger partial charge is 0.126 e. The van der Waals surface area contributed by atoms with E-state index in [-0.39, 0.29) is 6.10 Å². The van der Waals surface area contributed by atoms with Gasteiger partial charge in [-0.05, 0) is 43.4 Å². The van der Waals surface area contributed by atoms with Gasteiger partial charge in [-0.15, -0.1) is 0 Å². The zero-order chi connectivity index (χ0) is 12.3. The van der Waals surface area contributed by atoms with Crippen molar-refractivity contribution in [1.29, 1.82) is 0 Å². The zero-order valence-corrected chi connectivity index (χ0v) is 9.63. The Morgan fingerprint density at radius 1 is 1.06 bits per heavy atom. The molecular weight excluding hydrogens is 224 g/mol. The predicted molar refractivity (Wildman–Crippen MR) is 61.5 cm³/mol. The van der Waals surface area contributed by atoms with E-state index in [1.54, 1.807) is 0 Å². The molecule has 0 amide bonds. The molecule has 0 saturated heterocycles. The number of rotatable bonds is 3. The highest BCUT2D eigenvalue weighted by Crippen LogP contribution is 2.18. The lowest BCUT2D eigenvalue weighted by Gasteiger charge is -2.26. The van der Waals surface area contributed by atoms with E-state index in [9.17, 15) is 13.9 Å². The number of aliphatic hydroxyl groups excluding tert-OH is 1. The van der Waals surface area contributed by atoms with Crippen molar-refractivity contribution in [2.75, 3.05) is 0 Å². The van der Waals surface area contributed by atoms with Crippen LogP contribution in [0.4, 0.5) is 8.78 Å². The molecule has 0 radical (unpaired) electrons. The Bertz CT molecular complexity index is 355. The maximum absolute atomic E-state index is 12.9. The largest absolute Gasteiger partial charge is 0.393 e. The summed E-state index contributed by atoms with van der Waals surface area (Å²) in [4.78, 5) is 0. The SMILES string of the molecule is OC1CCC(NCc2cc(F)cc(F)c2)CC1. The average molecular weight is 241 g/mol. The Hall–Kier alpha value is -1.00. The monoisotopic (exact) mass is 241 g/mol. The van der Waals surface area contributed by atoms with Gasteiger partial charge in [0.25, 0.3) is 0 Å². The van der Waals surface area contributed by atoms with Crippen molar-refractivity contribution < 1.29 is 13.9 Å². The molecule has 0 heterocycles. The first kappa shape index (κ1) is 12.5. The molecule has 94 valence electrons. The highest BCUT2D eigenvalue weighted by molar-refractivity contribution is 5.17. The van der Waals surface area contributed by atoms with Crippen molar-refractivity contribution in [3.05, 3.63) is 35.4 Å². The molecule has 0 atom stereocenters. The highest BCUT2D eigenvalue weighted by atomic mass is 19.1. The molecule has 0 spiro atoms. The van der Waals surface area contributed by atoms with Gasteiger partial charge < -0.3 is 10.4 Å². The Morgan fingerprint density at radius 3 is 2.24 bits per heavy atom. The molecule has 0 unspecified atom stereocenters. The topological polar surface area (TPSA) is 32.3 Å². The van der Waals surface area contributed by atoms with Crippen LogP contribution in [0.2, 0.25) is 0 Å². The van der Waals surface area contributed by atoms with E-state index in [4.69, 9.17) is 0 Å². The number of hydrogen-bond donors (Lipinski definition) is 2. The molecule has 0 bridgehead atoms. The summed E-state index contributed by atoms with van der Waals surface area (Å²) in [6.45, 7) is 0.468. The van der Waals surface area contributed by atoms with Gasteiger partial charge in [-0.1, -0.05) is 0 Å². The van der Waals surface area contributed by atoms with Crippen molar-refractivity contribution in [2.24, 2.45) is 0 Å². The number of hydrogen-bond acceptors (Lipinski definition) is 2. The third-order valence-electron chi connectivity index (χ3n) is 3.21. The van der Waals surface area contributed by atoms with Crippen molar-refractivity contribution in [3.63, 3.8) is 0 Å². The van der Waals surface area contributed by atoms with Gasteiger partial charge in [0, 0.05) is 18.7 Å². The van der Waals surface area contributed by atoms with E-state index in [2.05, 4.69) is 5.32 Å². The van der Waals surface area contributed by atoms with E-state index in [1.165, 1.54) is 12.1 Å². The molecule has 2 nitrogen and oxygen atoms in total. The summed E-state index contributed by atoms with van der Waals surface area (Å²) in [5.41, 5.74) is 0.619. The molecule has 1 aliphatic rings. The second-order valence-corrected chi connectivity index (χ2v) is 4.66. The average Bonchev–Trinajstić information content (AvgIpc) is 2.27. The van der Waals surface area contributed by atoms with Crippen LogP contribution in [-0.2, 0) is 6.54 Å².